The molecule has 30 heavy (non-hydrogen) atoms. The van der Waals surface area contributed by atoms with Gasteiger partial charge in [0.2, 0.25) is 5.91 Å². The van der Waals surface area contributed by atoms with Crippen LogP contribution in [0.1, 0.15) is 37.8 Å². The highest BCUT2D eigenvalue weighted by Crippen LogP contribution is 2.17. The summed E-state index contributed by atoms with van der Waals surface area (Å²) in [6, 6.07) is 15.9. The molecule has 1 heterocycles. The zero-order chi connectivity index (χ0) is 21.3. The molecule has 1 amide bonds. The number of nitrogens with one attached hydrogen (secondary N) is 2. The summed E-state index contributed by atoms with van der Waals surface area (Å²) in [6.07, 6.45) is 2.31. The smallest absolute Gasteiger partial charge is 0.241 e. The maximum absolute atomic E-state index is 12.4. The lowest BCUT2D eigenvalue weighted by atomic mass is 10.1. The maximum Gasteiger partial charge on any atom is 0.241 e. The first kappa shape index (κ1) is 21.7. The number of likely N-dealkylation sites (tertiary alicyclic amines) is 1. The highest BCUT2D eigenvalue weighted by Gasteiger charge is 2.17. The first-order chi connectivity index (χ1) is 14.5. The molecule has 1 saturated heterocycles. The van der Waals surface area contributed by atoms with Crippen LogP contribution in [0.4, 0.5) is 5.69 Å². The summed E-state index contributed by atoms with van der Waals surface area (Å²) in [7, 11) is 0. The molecule has 0 aliphatic carbocycles. The molecule has 0 spiro atoms. The summed E-state index contributed by atoms with van der Waals surface area (Å²) in [4.78, 5) is 19.1. The third-order valence-electron chi connectivity index (χ3n) is 5.02. The third-order valence-corrected chi connectivity index (χ3v) is 5.02. The molecule has 6 nitrogen and oxygen atoms in total. The van der Waals surface area contributed by atoms with Crippen LogP contribution < -0.4 is 15.4 Å². The van der Waals surface area contributed by atoms with Crippen molar-refractivity contribution in [1.29, 1.82) is 0 Å². The Labute approximate surface area is 179 Å². The second-order valence-corrected chi connectivity index (χ2v) is 7.85. The molecule has 0 unspecified atom stereocenters. The van der Waals surface area contributed by atoms with Gasteiger partial charge in [0.1, 0.15) is 5.75 Å². The van der Waals surface area contributed by atoms with E-state index in [1.54, 1.807) is 0 Å². The van der Waals surface area contributed by atoms with Crippen LogP contribution in [-0.2, 0) is 11.3 Å². The third kappa shape index (κ3) is 6.51. The number of guanidine groups is 1. The Morgan fingerprint density at radius 2 is 1.80 bits per heavy atom. The summed E-state index contributed by atoms with van der Waals surface area (Å²) in [6.45, 7) is 8.55. The van der Waals surface area contributed by atoms with Crippen molar-refractivity contribution in [2.75, 3.05) is 25.0 Å². The quantitative estimate of drug-likeness (QED) is 0.538. The number of hydrogen-bond donors (Lipinski definition) is 2. The van der Waals surface area contributed by atoms with Gasteiger partial charge >= 0.3 is 0 Å². The minimum Gasteiger partial charge on any atom is -0.491 e. The van der Waals surface area contributed by atoms with Crippen LogP contribution in [0.5, 0.6) is 5.75 Å². The van der Waals surface area contributed by atoms with E-state index in [-0.39, 0.29) is 18.6 Å². The molecule has 160 valence electrons. The van der Waals surface area contributed by atoms with Crippen molar-refractivity contribution in [2.24, 2.45) is 4.99 Å². The minimum absolute atomic E-state index is 0.110. The lowest BCUT2D eigenvalue weighted by Crippen LogP contribution is -2.41. The van der Waals surface area contributed by atoms with Crippen LogP contribution in [0.25, 0.3) is 0 Å². The van der Waals surface area contributed by atoms with Crippen LogP contribution in [-0.4, -0.2) is 42.5 Å². The number of carbonyl (C=O) groups is 1. The van der Waals surface area contributed by atoms with Gasteiger partial charge in [0.25, 0.3) is 0 Å². The van der Waals surface area contributed by atoms with E-state index in [4.69, 9.17) is 9.73 Å². The van der Waals surface area contributed by atoms with Gasteiger partial charge in [-0.2, -0.15) is 0 Å². The summed E-state index contributed by atoms with van der Waals surface area (Å²) >= 11 is 0. The molecular weight excluding hydrogens is 376 g/mol. The second kappa shape index (κ2) is 10.7. The Morgan fingerprint density at radius 3 is 2.47 bits per heavy atom. The monoisotopic (exact) mass is 408 g/mol. The normalized spacial score (nSPS) is 14.1. The van der Waals surface area contributed by atoms with E-state index in [9.17, 15) is 4.79 Å². The molecule has 0 saturated carbocycles. The van der Waals surface area contributed by atoms with Gasteiger partial charge in [0, 0.05) is 18.8 Å². The number of nitrogens with zero attached hydrogens (tertiary/aromatic N) is 2. The Hall–Kier alpha value is -3.02. The van der Waals surface area contributed by atoms with Gasteiger partial charge in [-0.05, 0) is 69.0 Å². The van der Waals surface area contributed by atoms with Gasteiger partial charge in [0.05, 0.1) is 19.2 Å². The van der Waals surface area contributed by atoms with Crippen LogP contribution >= 0.6 is 0 Å². The Balaban J connectivity index is 1.68. The second-order valence-electron chi connectivity index (χ2n) is 7.85. The van der Waals surface area contributed by atoms with Gasteiger partial charge in [0.15, 0.2) is 5.96 Å². The fourth-order valence-corrected chi connectivity index (χ4v) is 3.35. The molecule has 2 aromatic rings. The molecule has 3 rings (SSSR count). The van der Waals surface area contributed by atoms with Crippen molar-refractivity contribution >= 4 is 17.6 Å². The summed E-state index contributed by atoms with van der Waals surface area (Å²) < 4.78 is 5.70. The zero-order valence-corrected chi connectivity index (χ0v) is 18.1. The lowest BCUT2D eigenvalue weighted by Gasteiger charge is -2.18. The van der Waals surface area contributed by atoms with E-state index in [0.29, 0.717) is 12.5 Å². The van der Waals surface area contributed by atoms with Gasteiger partial charge in [-0.1, -0.05) is 24.3 Å². The summed E-state index contributed by atoms with van der Waals surface area (Å²) in [5.74, 6) is 1.52. The fourth-order valence-electron chi connectivity index (χ4n) is 3.35. The standard InChI is InChI=1S/C24H32N4O2/c1-18(2)30-22-12-10-21(11-13-22)27-24(25-16-20-9-5-4-8-19(20)3)26-17-23(29)28-14-6-7-15-28/h4-5,8-13,18H,6-7,14-17H2,1-3H3,(H2,25,26,27). The Bertz CT molecular complexity index is 856. The number of benzene rings is 2. The average molecular weight is 409 g/mol. The van der Waals surface area contributed by atoms with E-state index < -0.39 is 0 Å². The molecule has 1 fully saturated rings. The topological polar surface area (TPSA) is 66.0 Å². The van der Waals surface area contributed by atoms with Crippen LogP contribution in [0.15, 0.2) is 53.5 Å². The van der Waals surface area contributed by atoms with E-state index in [1.807, 2.05) is 55.1 Å². The molecule has 0 radical (unpaired) electrons. The van der Waals surface area contributed by atoms with Crippen molar-refractivity contribution in [3.8, 4) is 5.75 Å². The van der Waals surface area contributed by atoms with Crippen molar-refractivity contribution < 1.29 is 9.53 Å². The van der Waals surface area contributed by atoms with Crippen LogP contribution in [0.2, 0.25) is 0 Å². The largest absolute Gasteiger partial charge is 0.491 e. The predicted molar refractivity (Wildman–Crippen MR) is 122 cm³/mol. The molecule has 6 heteroatoms. The fraction of sp³-hybridized carbons (Fsp3) is 0.417. The van der Waals surface area contributed by atoms with Crippen molar-refractivity contribution in [3.05, 3.63) is 59.7 Å². The number of carbonyl (C=O) groups excluding carboxylic acids is 1. The van der Waals surface area contributed by atoms with E-state index in [1.165, 1.54) is 5.56 Å². The molecule has 1 aliphatic rings. The van der Waals surface area contributed by atoms with E-state index >= 15 is 0 Å². The van der Waals surface area contributed by atoms with Crippen LogP contribution in [0, 0.1) is 6.92 Å². The van der Waals surface area contributed by atoms with Crippen molar-refractivity contribution in [1.82, 2.24) is 10.2 Å². The number of aryl methyl sites for hydroxylation is 1. The highest BCUT2D eigenvalue weighted by molar-refractivity contribution is 5.96. The summed E-state index contributed by atoms with van der Waals surface area (Å²) in [5.41, 5.74) is 3.24. The first-order valence-corrected chi connectivity index (χ1v) is 10.7. The number of rotatable bonds is 7. The molecule has 2 N–H and O–H groups in total. The first-order valence-electron chi connectivity index (χ1n) is 10.7. The number of amides is 1. The Kier molecular flexibility index (Phi) is 7.71. The van der Waals surface area contributed by atoms with Gasteiger partial charge in [-0.25, -0.2) is 4.99 Å². The van der Waals surface area contributed by atoms with Gasteiger partial charge < -0.3 is 20.3 Å². The molecule has 0 bridgehead atoms. The lowest BCUT2D eigenvalue weighted by molar-refractivity contribution is -0.128. The van der Waals surface area contributed by atoms with E-state index in [2.05, 4.69) is 29.7 Å². The van der Waals surface area contributed by atoms with Crippen molar-refractivity contribution in [2.45, 2.75) is 46.3 Å². The molecule has 2 aromatic carbocycles. The SMILES string of the molecule is Cc1ccccc1CN=C(NCC(=O)N1CCCC1)Nc1ccc(OC(C)C)cc1. The number of aliphatic imine (C=N–C) groups is 1. The molecular formula is C24H32N4O2. The molecule has 1 aliphatic heterocycles. The van der Waals surface area contributed by atoms with Gasteiger partial charge in [-0.15, -0.1) is 0 Å². The number of hydrogen-bond acceptors (Lipinski definition) is 3. The molecule has 0 atom stereocenters. The van der Waals surface area contributed by atoms with E-state index in [0.717, 1.165) is 42.9 Å². The number of ether oxygens (including phenoxy) is 1. The number of anilines is 1. The van der Waals surface area contributed by atoms with Gasteiger partial charge in [-0.3, -0.25) is 4.79 Å². The Morgan fingerprint density at radius 1 is 1.10 bits per heavy atom. The average Bonchev–Trinajstić information content (AvgIpc) is 3.27. The highest BCUT2D eigenvalue weighted by atomic mass is 16.5. The summed E-state index contributed by atoms with van der Waals surface area (Å²) in [5, 5.41) is 6.51. The maximum atomic E-state index is 12.4. The molecule has 0 aromatic heterocycles. The minimum atomic E-state index is 0.110. The van der Waals surface area contributed by atoms with Crippen LogP contribution in [0.3, 0.4) is 0 Å². The predicted octanol–water partition coefficient (Wildman–Crippen LogP) is 3.96. The zero-order valence-electron chi connectivity index (χ0n) is 18.1. The van der Waals surface area contributed by atoms with Crippen molar-refractivity contribution in [3.63, 3.8) is 0 Å².